The van der Waals surface area contributed by atoms with E-state index in [0.717, 1.165) is 15.8 Å². The Morgan fingerprint density at radius 2 is 1.76 bits per heavy atom. The third kappa shape index (κ3) is 5.99. The van der Waals surface area contributed by atoms with E-state index < -0.39 is 6.04 Å². The first-order chi connectivity index (χ1) is 12.0. The molecule has 0 aromatic heterocycles. The zero-order chi connectivity index (χ0) is 18.2. The van der Waals surface area contributed by atoms with Gasteiger partial charge in [0.2, 0.25) is 5.91 Å². The topological polar surface area (TPSA) is 81.4 Å². The standard InChI is InChI=1S/C19H21BrN2O3/c1-2-25-16-9-3-13(4-10-16)11-17(21)19(24)22-12-18(23)14-5-7-15(20)8-6-14/h3-10,17H,2,11-12,21H2,1H3,(H,22,24)/t17-/m0/s1. The molecule has 0 spiro atoms. The third-order valence-electron chi connectivity index (χ3n) is 3.62. The highest BCUT2D eigenvalue weighted by Crippen LogP contribution is 2.13. The summed E-state index contributed by atoms with van der Waals surface area (Å²) < 4.78 is 6.27. The molecular formula is C19H21BrN2O3. The van der Waals surface area contributed by atoms with E-state index in [1.165, 1.54) is 0 Å². The third-order valence-corrected chi connectivity index (χ3v) is 4.14. The second-order valence-corrected chi connectivity index (χ2v) is 6.45. The Balaban J connectivity index is 1.83. The zero-order valence-electron chi connectivity index (χ0n) is 14.0. The van der Waals surface area contributed by atoms with E-state index in [4.69, 9.17) is 10.5 Å². The second kappa shape index (κ2) is 9.34. The highest BCUT2D eigenvalue weighted by molar-refractivity contribution is 9.10. The number of ether oxygens (including phenoxy) is 1. The molecule has 5 nitrogen and oxygen atoms in total. The Kier molecular flexibility index (Phi) is 7.16. The lowest BCUT2D eigenvalue weighted by Crippen LogP contribution is -2.43. The molecule has 132 valence electrons. The van der Waals surface area contributed by atoms with Crippen molar-refractivity contribution in [3.8, 4) is 5.75 Å². The molecule has 0 aliphatic rings. The Hall–Kier alpha value is -2.18. The van der Waals surface area contributed by atoms with Crippen LogP contribution in [0, 0.1) is 0 Å². The van der Waals surface area contributed by atoms with E-state index >= 15 is 0 Å². The Morgan fingerprint density at radius 3 is 2.36 bits per heavy atom. The van der Waals surface area contributed by atoms with Gasteiger partial charge in [0, 0.05) is 10.0 Å². The summed E-state index contributed by atoms with van der Waals surface area (Å²) >= 11 is 3.31. The first kappa shape index (κ1) is 19.1. The Morgan fingerprint density at radius 1 is 1.12 bits per heavy atom. The number of benzene rings is 2. The highest BCUT2D eigenvalue weighted by atomic mass is 79.9. The number of Topliss-reactive ketones (excluding diaryl/α,β-unsaturated/α-hetero) is 1. The molecule has 0 heterocycles. The maximum Gasteiger partial charge on any atom is 0.237 e. The summed E-state index contributed by atoms with van der Waals surface area (Å²) in [5.74, 6) is 0.276. The summed E-state index contributed by atoms with van der Waals surface area (Å²) in [5.41, 5.74) is 7.41. The molecule has 2 rings (SSSR count). The molecule has 0 fully saturated rings. The van der Waals surface area contributed by atoms with Gasteiger partial charge in [-0.25, -0.2) is 0 Å². The van der Waals surface area contributed by atoms with Crippen molar-refractivity contribution in [1.29, 1.82) is 0 Å². The van der Waals surface area contributed by atoms with E-state index in [9.17, 15) is 9.59 Å². The fourth-order valence-corrected chi connectivity index (χ4v) is 2.54. The molecule has 25 heavy (non-hydrogen) atoms. The number of hydrogen-bond acceptors (Lipinski definition) is 4. The molecule has 0 unspecified atom stereocenters. The van der Waals surface area contributed by atoms with E-state index in [2.05, 4.69) is 21.2 Å². The van der Waals surface area contributed by atoms with Gasteiger partial charge in [-0.15, -0.1) is 0 Å². The number of nitrogens with two attached hydrogens (primary N) is 1. The van der Waals surface area contributed by atoms with E-state index in [0.29, 0.717) is 18.6 Å². The van der Waals surface area contributed by atoms with Gasteiger partial charge in [0.25, 0.3) is 0 Å². The van der Waals surface area contributed by atoms with Crippen molar-refractivity contribution < 1.29 is 14.3 Å². The lowest BCUT2D eigenvalue weighted by Gasteiger charge is -2.12. The van der Waals surface area contributed by atoms with Crippen LogP contribution in [0.15, 0.2) is 53.0 Å². The fraction of sp³-hybridized carbons (Fsp3) is 0.263. The van der Waals surface area contributed by atoms with E-state index in [1.54, 1.807) is 24.3 Å². The van der Waals surface area contributed by atoms with Gasteiger partial charge in [-0.1, -0.05) is 40.2 Å². The number of amides is 1. The van der Waals surface area contributed by atoms with Crippen LogP contribution in [0.2, 0.25) is 0 Å². The van der Waals surface area contributed by atoms with Crippen LogP contribution < -0.4 is 15.8 Å². The molecule has 0 aliphatic carbocycles. The maximum atomic E-state index is 12.1. The predicted octanol–water partition coefficient (Wildman–Crippen LogP) is 2.72. The van der Waals surface area contributed by atoms with Gasteiger partial charge >= 0.3 is 0 Å². The zero-order valence-corrected chi connectivity index (χ0v) is 15.6. The normalized spacial score (nSPS) is 11.6. The molecule has 0 aliphatic heterocycles. The summed E-state index contributed by atoms with van der Waals surface area (Å²) in [5, 5.41) is 2.60. The van der Waals surface area contributed by atoms with Crippen molar-refractivity contribution in [3.05, 3.63) is 64.1 Å². The van der Waals surface area contributed by atoms with Crippen molar-refractivity contribution in [3.63, 3.8) is 0 Å². The summed E-state index contributed by atoms with van der Waals surface area (Å²) in [6.45, 7) is 2.45. The maximum absolute atomic E-state index is 12.1. The number of nitrogens with one attached hydrogen (secondary N) is 1. The van der Waals surface area contributed by atoms with Gasteiger partial charge in [-0.05, 0) is 43.2 Å². The van der Waals surface area contributed by atoms with Gasteiger partial charge in [0.05, 0.1) is 19.2 Å². The van der Waals surface area contributed by atoms with Crippen molar-refractivity contribution >= 4 is 27.6 Å². The van der Waals surface area contributed by atoms with Crippen molar-refractivity contribution in [1.82, 2.24) is 5.32 Å². The number of hydrogen-bond donors (Lipinski definition) is 2. The summed E-state index contributed by atoms with van der Waals surface area (Å²) in [6, 6.07) is 13.7. The predicted molar refractivity (Wildman–Crippen MR) is 101 cm³/mol. The van der Waals surface area contributed by atoms with E-state index in [1.807, 2.05) is 31.2 Å². The first-order valence-corrected chi connectivity index (χ1v) is 8.82. The van der Waals surface area contributed by atoms with Crippen molar-refractivity contribution in [2.24, 2.45) is 5.73 Å². The molecule has 0 saturated heterocycles. The van der Waals surface area contributed by atoms with Gasteiger partial charge in [0.15, 0.2) is 5.78 Å². The summed E-state index contributed by atoms with van der Waals surface area (Å²) in [4.78, 5) is 24.1. The van der Waals surface area contributed by atoms with Gasteiger partial charge < -0.3 is 15.8 Å². The summed E-state index contributed by atoms with van der Waals surface area (Å²) in [7, 11) is 0. The Bertz CT molecular complexity index is 714. The molecule has 0 saturated carbocycles. The lowest BCUT2D eigenvalue weighted by atomic mass is 10.1. The van der Waals surface area contributed by atoms with Crippen LogP contribution in [0.5, 0.6) is 5.75 Å². The molecule has 2 aromatic carbocycles. The minimum atomic E-state index is -0.712. The van der Waals surface area contributed by atoms with Crippen LogP contribution in [0.1, 0.15) is 22.8 Å². The van der Waals surface area contributed by atoms with E-state index in [-0.39, 0.29) is 18.2 Å². The van der Waals surface area contributed by atoms with Crippen LogP contribution in [0.3, 0.4) is 0 Å². The average Bonchev–Trinajstić information content (AvgIpc) is 2.61. The summed E-state index contributed by atoms with van der Waals surface area (Å²) in [6.07, 6.45) is 0.394. The lowest BCUT2D eigenvalue weighted by molar-refractivity contribution is -0.122. The molecule has 2 aromatic rings. The highest BCUT2D eigenvalue weighted by Gasteiger charge is 2.15. The molecular weight excluding hydrogens is 384 g/mol. The van der Waals surface area contributed by atoms with Crippen LogP contribution in [0.4, 0.5) is 0 Å². The van der Waals surface area contributed by atoms with Gasteiger partial charge in [-0.2, -0.15) is 0 Å². The molecule has 6 heteroatoms. The van der Waals surface area contributed by atoms with Crippen LogP contribution >= 0.6 is 15.9 Å². The number of carbonyl (C=O) groups excluding carboxylic acids is 2. The fourth-order valence-electron chi connectivity index (χ4n) is 2.27. The van der Waals surface area contributed by atoms with Crippen LogP contribution in [-0.2, 0) is 11.2 Å². The number of rotatable bonds is 8. The molecule has 0 bridgehead atoms. The van der Waals surface area contributed by atoms with Crippen molar-refractivity contribution in [2.75, 3.05) is 13.2 Å². The monoisotopic (exact) mass is 404 g/mol. The Labute approximate surface area is 155 Å². The first-order valence-electron chi connectivity index (χ1n) is 8.03. The average molecular weight is 405 g/mol. The second-order valence-electron chi connectivity index (χ2n) is 5.54. The van der Waals surface area contributed by atoms with Crippen LogP contribution in [-0.4, -0.2) is 30.9 Å². The van der Waals surface area contributed by atoms with Gasteiger partial charge in [-0.3, -0.25) is 9.59 Å². The molecule has 1 amide bonds. The largest absolute Gasteiger partial charge is 0.494 e. The number of ketones is 1. The number of carbonyl (C=O) groups is 2. The smallest absolute Gasteiger partial charge is 0.237 e. The van der Waals surface area contributed by atoms with Gasteiger partial charge in [0.1, 0.15) is 5.75 Å². The SMILES string of the molecule is CCOc1ccc(C[C@H](N)C(=O)NCC(=O)c2ccc(Br)cc2)cc1. The molecule has 0 radical (unpaired) electrons. The minimum absolute atomic E-state index is 0.0720. The molecule has 3 N–H and O–H groups in total. The van der Waals surface area contributed by atoms with Crippen molar-refractivity contribution in [2.45, 2.75) is 19.4 Å². The van der Waals surface area contributed by atoms with Crippen LogP contribution in [0.25, 0.3) is 0 Å². The quantitative estimate of drug-likeness (QED) is 0.662. The minimum Gasteiger partial charge on any atom is -0.494 e. The molecule has 1 atom stereocenters. The number of halogens is 1.